The summed E-state index contributed by atoms with van der Waals surface area (Å²) in [5.41, 5.74) is 5.74. The summed E-state index contributed by atoms with van der Waals surface area (Å²) >= 11 is 0. The lowest BCUT2D eigenvalue weighted by molar-refractivity contribution is -0.135. The van der Waals surface area contributed by atoms with Crippen molar-refractivity contribution in [3.63, 3.8) is 0 Å². The van der Waals surface area contributed by atoms with Crippen molar-refractivity contribution in [2.75, 3.05) is 19.8 Å². The Morgan fingerprint density at radius 2 is 2.12 bits per heavy atom. The van der Waals surface area contributed by atoms with Gasteiger partial charge in [-0.15, -0.1) is 0 Å². The monoisotopic (exact) mass is 226 g/mol. The Morgan fingerprint density at radius 1 is 1.50 bits per heavy atom. The van der Waals surface area contributed by atoms with Crippen molar-refractivity contribution >= 4 is 11.6 Å². The Morgan fingerprint density at radius 3 is 2.62 bits per heavy atom. The Bertz CT molecular complexity index is 373. The number of benzene rings is 1. The number of nitrogens with zero attached hydrogens (tertiary/aromatic N) is 1. The van der Waals surface area contributed by atoms with E-state index in [1.54, 1.807) is 21.0 Å². The third-order valence-electron chi connectivity index (χ3n) is 2.08. The number of hydrogen-bond acceptors (Lipinski definition) is 3. The number of carbonyl (C=O) groups is 1. The van der Waals surface area contributed by atoms with Crippen LogP contribution in [0.2, 0.25) is 0 Å². The van der Waals surface area contributed by atoms with Gasteiger partial charge < -0.3 is 15.4 Å². The molecule has 0 aliphatic heterocycles. The number of likely N-dealkylation sites (N-methyl/N-ethyl adjacent to an activating group) is 1. The molecular weight excluding hydrogens is 211 g/mol. The standard InChI is InChI=1S/C11H15FN2O2/c1-7(11(15)14(2)3)16-10-8(12)5-4-6-9(10)13/h4-7H,13H2,1-3H3. The largest absolute Gasteiger partial charge is 0.476 e. The summed E-state index contributed by atoms with van der Waals surface area (Å²) in [6, 6.07) is 4.24. The van der Waals surface area contributed by atoms with Crippen LogP contribution in [0.15, 0.2) is 18.2 Å². The summed E-state index contributed by atoms with van der Waals surface area (Å²) in [4.78, 5) is 12.9. The van der Waals surface area contributed by atoms with Gasteiger partial charge in [0.15, 0.2) is 17.7 Å². The average molecular weight is 226 g/mol. The highest BCUT2D eigenvalue weighted by Crippen LogP contribution is 2.25. The van der Waals surface area contributed by atoms with Crippen LogP contribution in [-0.2, 0) is 4.79 Å². The van der Waals surface area contributed by atoms with Crippen molar-refractivity contribution in [2.24, 2.45) is 0 Å². The van der Waals surface area contributed by atoms with Gasteiger partial charge in [0, 0.05) is 14.1 Å². The van der Waals surface area contributed by atoms with Gasteiger partial charge in [0.2, 0.25) is 0 Å². The van der Waals surface area contributed by atoms with Gasteiger partial charge in [0.1, 0.15) is 0 Å². The van der Waals surface area contributed by atoms with Crippen LogP contribution in [0.5, 0.6) is 5.75 Å². The summed E-state index contributed by atoms with van der Waals surface area (Å²) in [7, 11) is 3.21. The minimum atomic E-state index is -0.769. The van der Waals surface area contributed by atoms with Gasteiger partial charge in [-0.1, -0.05) is 6.07 Å². The quantitative estimate of drug-likeness (QED) is 0.789. The Balaban J connectivity index is 2.85. The molecule has 0 aliphatic carbocycles. The smallest absolute Gasteiger partial charge is 0.262 e. The van der Waals surface area contributed by atoms with Crippen LogP contribution in [0.25, 0.3) is 0 Å². The number of rotatable bonds is 3. The molecule has 1 amide bonds. The number of carbonyl (C=O) groups excluding carboxylic acids is 1. The lowest BCUT2D eigenvalue weighted by Gasteiger charge is -2.19. The van der Waals surface area contributed by atoms with E-state index in [0.29, 0.717) is 0 Å². The van der Waals surface area contributed by atoms with E-state index in [1.165, 1.54) is 23.1 Å². The van der Waals surface area contributed by atoms with E-state index < -0.39 is 11.9 Å². The van der Waals surface area contributed by atoms with Crippen LogP contribution in [0, 0.1) is 5.82 Å². The molecule has 1 atom stereocenters. The lowest BCUT2D eigenvalue weighted by atomic mass is 10.2. The number of amides is 1. The van der Waals surface area contributed by atoms with Crippen molar-refractivity contribution in [3.8, 4) is 5.75 Å². The highest BCUT2D eigenvalue weighted by molar-refractivity contribution is 5.80. The van der Waals surface area contributed by atoms with Crippen molar-refractivity contribution in [1.82, 2.24) is 4.90 Å². The molecule has 0 fully saturated rings. The number of halogens is 1. The lowest BCUT2D eigenvalue weighted by Crippen LogP contribution is -2.35. The number of anilines is 1. The molecule has 4 nitrogen and oxygen atoms in total. The molecular formula is C11H15FN2O2. The molecule has 5 heteroatoms. The summed E-state index contributed by atoms with van der Waals surface area (Å²) in [6.45, 7) is 1.55. The highest BCUT2D eigenvalue weighted by atomic mass is 19.1. The molecule has 0 bridgehead atoms. The number of nitrogens with two attached hydrogens (primary N) is 1. The zero-order valence-electron chi connectivity index (χ0n) is 9.53. The molecule has 0 heterocycles. The van der Waals surface area contributed by atoms with Crippen LogP contribution >= 0.6 is 0 Å². The minimum absolute atomic E-state index is 0.0785. The molecule has 16 heavy (non-hydrogen) atoms. The second-order valence-corrected chi connectivity index (χ2v) is 3.65. The molecule has 1 unspecified atom stereocenters. The summed E-state index contributed by atoms with van der Waals surface area (Å²) in [5.74, 6) is -0.897. The Hall–Kier alpha value is -1.78. The summed E-state index contributed by atoms with van der Waals surface area (Å²) in [5, 5.41) is 0. The maximum absolute atomic E-state index is 13.3. The van der Waals surface area contributed by atoms with Crippen molar-refractivity contribution in [2.45, 2.75) is 13.0 Å². The van der Waals surface area contributed by atoms with Gasteiger partial charge >= 0.3 is 0 Å². The Kier molecular flexibility index (Phi) is 3.71. The van der Waals surface area contributed by atoms with Crippen LogP contribution in [0.4, 0.5) is 10.1 Å². The normalized spacial score (nSPS) is 12.0. The highest BCUT2D eigenvalue weighted by Gasteiger charge is 2.19. The first-order valence-electron chi connectivity index (χ1n) is 4.85. The Labute approximate surface area is 93.8 Å². The van der Waals surface area contributed by atoms with E-state index in [0.717, 1.165) is 0 Å². The predicted molar refractivity (Wildman–Crippen MR) is 59.6 cm³/mol. The molecule has 0 saturated heterocycles. The first-order chi connectivity index (χ1) is 7.43. The van der Waals surface area contributed by atoms with Gasteiger partial charge in [0.05, 0.1) is 5.69 Å². The maximum atomic E-state index is 13.3. The van der Waals surface area contributed by atoms with Crippen molar-refractivity contribution in [1.29, 1.82) is 0 Å². The molecule has 0 aliphatic rings. The van der Waals surface area contributed by atoms with E-state index in [4.69, 9.17) is 10.5 Å². The third-order valence-corrected chi connectivity index (χ3v) is 2.08. The average Bonchev–Trinajstić information content (AvgIpc) is 2.22. The SMILES string of the molecule is CC(Oc1c(N)cccc1F)C(=O)N(C)C. The minimum Gasteiger partial charge on any atom is -0.476 e. The molecule has 1 aromatic rings. The zero-order chi connectivity index (χ0) is 12.3. The van der Waals surface area contributed by atoms with Gasteiger partial charge in [-0.05, 0) is 19.1 Å². The van der Waals surface area contributed by atoms with Crippen LogP contribution in [-0.4, -0.2) is 31.0 Å². The second-order valence-electron chi connectivity index (χ2n) is 3.65. The molecule has 1 rings (SSSR count). The number of para-hydroxylation sites is 1. The molecule has 0 spiro atoms. The molecule has 2 N–H and O–H groups in total. The molecule has 1 aromatic carbocycles. The molecule has 0 aromatic heterocycles. The number of hydrogen-bond donors (Lipinski definition) is 1. The fraction of sp³-hybridized carbons (Fsp3) is 0.364. The van der Waals surface area contributed by atoms with Gasteiger partial charge in [-0.3, -0.25) is 4.79 Å². The van der Waals surface area contributed by atoms with E-state index in [1.807, 2.05) is 0 Å². The third kappa shape index (κ3) is 2.62. The fourth-order valence-electron chi connectivity index (χ4n) is 1.24. The van der Waals surface area contributed by atoms with Crippen LogP contribution in [0.1, 0.15) is 6.92 Å². The van der Waals surface area contributed by atoms with E-state index >= 15 is 0 Å². The van der Waals surface area contributed by atoms with E-state index in [-0.39, 0.29) is 17.3 Å². The van der Waals surface area contributed by atoms with Crippen LogP contribution in [0.3, 0.4) is 0 Å². The molecule has 0 radical (unpaired) electrons. The van der Waals surface area contributed by atoms with Crippen molar-refractivity contribution in [3.05, 3.63) is 24.0 Å². The number of ether oxygens (including phenoxy) is 1. The summed E-state index contributed by atoms with van der Waals surface area (Å²) in [6.07, 6.45) is -0.769. The molecule has 88 valence electrons. The maximum Gasteiger partial charge on any atom is 0.262 e. The molecule has 0 saturated carbocycles. The predicted octanol–water partition coefficient (Wildman–Crippen LogP) is 1.26. The number of nitrogen functional groups attached to an aromatic ring is 1. The van der Waals surface area contributed by atoms with Gasteiger partial charge in [-0.25, -0.2) is 4.39 Å². The van der Waals surface area contributed by atoms with E-state index in [2.05, 4.69) is 0 Å². The fourth-order valence-corrected chi connectivity index (χ4v) is 1.24. The first kappa shape index (κ1) is 12.3. The summed E-state index contributed by atoms with van der Waals surface area (Å²) < 4.78 is 18.6. The van der Waals surface area contributed by atoms with Gasteiger partial charge in [0.25, 0.3) is 5.91 Å². The van der Waals surface area contributed by atoms with Crippen LogP contribution < -0.4 is 10.5 Å². The topological polar surface area (TPSA) is 55.6 Å². The zero-order valence-corrected chi connectivity index (χ0v) is 9.53. The van der Waals surface area contributed by atoms with Crippen molar-refractivity contribution < 1.29 is 13.9 Å². The second kappa shape index (κ2) is 4.83. The van der Waals surface area contributed by atoms with E-state index in [9.17, 15) is 9.18 Å². The van der Waals surface area contributed by atoms with Gasteiger partial charge in [-0.2, -0.15) is 0 Å². The first-order valence-corrected chi connectivity index (χ1v) is 4.85.